The largest absolute Gasteiger partial charge is 0.462 e. The van der Waals surface area contributed by atoms with E-state index in [9.17, 15) is 37.9 Å². The monoisotopic (exact) mass is 819 g/mol. The molecule has 0 radical (unpaired) electrons. The second kappa shape index (κ2) is 34.0. The molecule has 12 nitrogen and oxygen atoms in total. The Labute approximate surface area is 338 Å². The number of aliphatic hydroxyl groups excluding tert-OH is 3. The van der Waals surface area contributed by atoms with Gasteiger partial charge in [-0.3, -0.25) is 14.1 Å². The van der Waals surface area contributed by atoms with Crippen LogP contribution in [0.15, 0.2) is 24.3 Å². The highest BCUT2D eigenvalue weighted by atomic mass is 32.2. The first-order valence-corrected chi connectivity index (χ1v) is 23.5. The minimum atomic E-state index is -4.60. The molecule has 1 fully saturated rings. The van der Waals surface area contributed by atoms with Gasteiger partial charge in [-0.1, -0.05) is 128 Å². The van der Waals surface area contributed by atoms with E-state index in [1.54, 1.807) is 0 Å². The second-order valence-electron chi connectivity index (χ2n) is 15.4. The molecular formula is C43H78O12S. The summed E-state index contributed by atoms with van der Waals surface area (Å²) >= 11 is 0. The number of hydrogen-bond donors (Lipinski definition) is 4. The van der Waals surface area contributed by atoms with E-state index in [0.29, 0.717) is 12.8 Å². The van der Waals surface area contributed by atoms with Crippen molar-refractivity contribution in [1.29, 1.82) is 0 Å². The molecule has 0 saturated carbocycles. The molecule has 0 amide bonds. The molecular weight excluding hydrogens is 741 g/mol. The maximum absolute atomic E-state index is 12.8. The third-order valence-electron chi connectivity index (χ3n) is 10.0. The van der Waals surface area contributed by atoms with Crippen LogP contribution in [0.1, 0.15) is 181 Å². The van der Waals surface area contributed by atoms with E-state index in [0.717, 1.165) is 64.2 Å². The van der Waals surface area contributed by atoms with Gasteiger partial charge in [0, 0.05) is 12.8 Å². The Morgan fingerprint density at radius 1 is 0.589 bits per heavy atom. The average Bonchev–Trinajstić information content (AvgIpc) is 3.16. The summed E-state index contributed by atoms with van der Waals surface area (Å²) in [5.41, 5.74) is 0. The van der Waals surface area contributed by atoms with E-state index in [1.807, 2.05) is 0 Å². The molecule has 4 N–H and O–H groups in total. The number of esters is 2. The van der Waals surface area contributed by atoms with Crippen molar-refractivity contribution in [2.75, 3.05) is 19.0 Å². The van der Waals surface area contributed by atoms with Crippen LogP contribution < -0.4 is 0 Å². The summed E-state index contributed by atoms with van der Waals surface area (Å²) in [5.74, 6) is -2.01. The minimum Gasteiger partial charge on any atom is -0.462 e. The van der Waals surface area contributed by atoms with Crippen molar-refractivity contribution >= 4 is 22.1 Å². The van der Waals surface area contributed by atoms with Crippen LogP contribution in [0.25, 0.3) is 0 Å². The smallest absolute Gasteiger partial charge is 0.306 e. The van der Waals surface area contributed by atoms with Crippen molar-refractivity contribution in [2.45, 2.75) is 218 Å². The molecule has 6 atom stereocenters. The van der Waals surface area contributed by atoms with Gasteiger partial charge in [0.15, 0.2) is 12.4 Å². The normalized spacial score (nSPS) is 20.9. The molecule has 1 aliphatic rings. The number of carbonyl (C=O) groups excluding carboxylic acids is 2. The van der Waals surface area contributed by atoms with Gasteiger partial charge in [0.2, 0.25) is 0 Å². The molecule has 328 valence electrons. The zero-order valence-electron chi connectivity index (χ0n) is 34.7. The molecule has 0 spiro atoms. The van der Waals surface area contributed by atoms with Crippen molar-refractivity contribution < 1.29 is 56.8 Å². The Balaban J connectivity index is 2.48. The maximum Gasteiger partial charge on any atom is 0.306 e. The van der Waals surface area contributed by atoms with Crippen LogP contribution in [0.2, 0.25) is 0 Å². The molecule has 0 aliphatic carbocycles. The fourth-order valence-electron chi connectivity index (χ4n) is 6.55. The Morgan fingerprint density at radius 3 is 1.52 bits per heavy atom. The summed E-state index contributed by atoms with van der Waals surface area (Å²) < 4.78 is 53.9. The first-order chi connectivity index (χ1) is 27.0. The van der Waals surface area contributed by atoms with E-state index in [2.05, 4.69) is 38.2 Å². The highest BCUT2D eigenvalue weighted by Gasteiger charge is 2.46. The average molecular weight is 819 g/mol. The lowest BCUT2D eigenvalue weighted by molar-refractivity contribution is -0.297. The number of unbranched alkanes of at least 4 members (excludes halogenated alkanes) is 20. The van der Waals surface area contributed by atoms with Crippen molar-refractivity contribution in [1.82, 2.24) is 0 Å². The molecule has 13 heteroatoms. The quantitative estimate of drug-likeness (QED) is 0.0205. The number of rotatable bonds is 36. The van der Waals surface area contributed by atoms with Crippen LogP contribution in [0, 0.1) is 0 Å². The van der Waals surface area contributed by atoms with Gasteiger partial charge in [0.05, 0.1) is 6.61 Å². The van der Waals surface area contributed by atoms with Crippen LogP contribution in [0.5, 0.6) is 0 Å². The summed E-state index contributed by atoms with van der Waals surface area (Å²) in [6.45, 7) is 3.71. The first-order valence-electron chi connectivity index (χ1n) is 21.9. The standard InChI is InChI=1S/C43H78O12S/c1-3-5-7-9-11-13-15-17-18-20-21-23-25-27-29-31-38(44)52-33-36(34-53-43-42(48)41(47)40(46)37(55-43)35-56(49,50)51)54-39(45)32-30-28-26-24-22-19-16-14-12-10-8-6-4-2/h14,16,20-21,36-37,40-43,46-48H,3-13,15,17-19,22-35H2,1-2H3,(H,49,50,51)/b16-14+,21-20+/t36-,37-,40-,41?,42?,43+/m1/s1. The lowest BCUT2D eigenvalue weighted by Crippen LogP contribution is -2.60. The molecule has 1 aliphatic heterocycles. The van der Waals surface area contributed by atoms with Gasteiger partial charge in [0.1, 0.15) is 36.8 Å². The van der Waals surface area contributed by atoms with Gasteiger partial charge in [-0.15, -0.1) is 0 Å². The fraction of sp³-hybridized carbons (Fsp3) is 0.860. The van der Waals surface area contributed by atoms with E-state index in [4.69, 9.17) is 18.9 Å². The minimum absolute atomic E-state index is 0.152. The van der Waals surface area contributed by atoms with Gasteiger partial charge in [0.25, 0.3) is 10.1 Å². The summed E-state index contributed by atoms with van der Waals surface area (Å²) in [7, 11) is -4.60. The van der Waals surface area contributed by atoms with Crippen LogP contribution in [0.4, 0.5) is 0 Å². The Morgan fingerprint density at radius 2 is 1.02 bits per heavy atom. The lowest BCUT2D eigenvalue weighted by Gasteiger charge is -2.40. The maximum atomic E-state index is 12.8. The van der Waals surface area contributed by atoms with Crippen molar-refractivity contribution in [2.24, 2.45) is 0 Å². The molecule has 0 aromatic heterocycles. The number of aliphatic hydroxyl groups is 3. The summed E-state index contributed by atoms with van der Waals surface area (Å²) in [4.78, 5) is 25.3. The van der Waals surface area contributed by atoms with Crippen LogP contribution in [0.3, 0.4) is 0 Å². The second-order valence-corrected chi connectivity index (χ2v) is 16.9. The van der Waals surface area contributed by atoms with E-state index in [-0.39, 0.29) is 19.4 Å². The topological polar surface area (TPSA) is 186 Å². The number of hydrogen-bond acceptors (Lipinski definition) is 11. The van der Waals surface area contributed by atoms with E-state index in [1.165, 1.54) is 77.0 Å². The zero-order chi connectivity index (χ0) is 41.3. The Kier molecular flexibility index (Phi) is 31.7. The van der Waals surface area contributed by atoms with Crippen molar-refractivity contribution in [3.8, 4) is 0 Å². The molecule has 1 heterocycles. The van der Waals surface area contributed by atoms with Gasteiger partial charge >= 0.3 is 11.9 Å². The number of allylic oxidation sites excluding steroid dienone is 4. The van der Waals surface area contributed by atoms with Crippen LogP contribution in [-0.4, -0.2) is 96.0 Å². The summed E-state index contributed by atoms with van der Waals surface area (Å²) in [5, 5.41) is 30.8. The van der Waals surface area contributed by atoms with E-state index >= 15 is 0 Å². The van der Waals surface area contributed by atoms with E-state index < -0.39 is 71.2 Å². The highest BCUT2D eigenvalue weighted by Crippen LogP contribution is 2.24. The van der Waals surface area contributed by atoms with Gasteiger partial charge in [-0.05, 0) is 64.2 Å². The number of ether oxygens (including phenoxy) is 4. The molecule has 1 saturated heterocycles. The third kappa shape index (κ3) is 28.5. The first kappa shape index (κ1) is 52.1. The molecule has 0 bridgehead atoms. The van der Waals surface area contributed by atoms with Gasteiger partial charge < -0.3 is 34.3 Å². The van der Waals surface area contributed by atoms with Gasteiger partial charge in [-0.2, -0.15) is 8.42 Å². The fourth-order valence-corrected chi connectivity index (χ4v) is 7.24. The molecule has 1 rings (SSSR count). The molecule has 0 aromatic carbocycles. The molecule has 2 unspecified atom stereocenters. The predicted molar refractivity (Wildman–Crippen MR) is 220 cm³/mol. The SMILES string of the molecule is CCCCCC/C=C/CCCCCCCC(=O)O[C@H](COC(=O)CCCCC/C=C/CCCCCCCCCC)CO[C@H]1O[C@H](CS(=O)(=O)O)[C@@H](O)C(O)C1O. The predicted octanol–water partition coefficient (Wildman–Crippen LogP) is 8.45. The third-order valence-corrected chi connectivity index (χ3v) is 10.8. The van der Waals surface area contributed by atoms with Crippen molar-refractivity contribution in [3.63, 3.8) is 0 Å². The summed E-state index contributed by atoms with van der Waals surface area (Å²) in [6, 6.07) is 0. The van der Waals surface area contributed by atoms with Crippen LogP contribution in [-0.2, 0) is 38.7 Å². The summed E-state index contributed by atoms with van der Waals surface area (Å²) in [6.07, 6.45) is 26.6. The molecule has 0 aromatic rings. The number of carbonyl (C=O) groups is 2. The lowest BCUT2D eigenvalue weighted by atomic mass is 10.00. The Hall–Kier alpha value is -1.87. The van der Waals surface area contributed by atoms with Gasteiger partial charge in [-0.25, -0.2) is 0 Å². The Bertz CT molecular complexity index is 1140. The molecule has 56 heavy (non-hydrogen) atoms. The highest BCUT2D eigenvalue weighted by molar-refractivity contribution is 7.85. The van der Waals surface area contributed by atoms with Crippen LogP contribution >= 0.6 is 0 Å². The van der Waals surface area contributed by atoms with Crippen molar-refractivity contribution in [3.05, 3.63) is 24.3 Å². The zero-order valence-corrected chi connectivity index (χ0v) is 35.6.